The molecule has 3 saturated carbocycles. The number of anilines is 1. The summed E-state index contributed by atoms with van der Waals surface area (Å²) in [6.07, 6.45) is 16.9. The van der Waals surface area contributed by atoms with Crippen molar-refractivity contribution in [2.45, 2.75) is 70.3 Å². The molecule has 0 bridgehead atoms. The van der Waals surface area contributed by atoms with Crippen LogP contribution in [0.2, 0.25) is 0 Å². The highest BCUT2D eigenvalue weighted by atomic mass is 16.6. The van der Waals surface area contributed by atoms with Crippen LogP contribution < -0.4 is 5.32 Å². The van der Waals surface area contributed by atoms with Crippen LogP contribution >= 0.6 is 0 Å². The van der Waals surface area contributed by atoms with Crippen molar-refractivity contribution in [1.29, 1.82) is 0 Å². The van der Waals surface area contributed by atoms with E-state index in [4.69, 9.17) is 11.2 Å². The molecule has 33 heavy (non-hydrogen) atoms. The number of nitrogens with one attached hydrogen (secondary N) is 1. The fourth-order valence-corrected chi connectivity index (χ4v) is 8.08. The predicted molar refractivity (Wildman–Crippen MR) is 129 cm³/mol. The van der Waals surface area contributed by atoms with Crippen molar-refractivity contribution in [3.8, 4) is 12.3 Å². The summed E-state index contributed by atoms with van der Waals surface area (Å²) < 4.78 is 6.24. The zero-order valence-electron chi connectivity index (χ0n) is 19.6. The van der Waals surface area contributed by atoms with Crippen LogP contribution in [-0.2, 0) is 14.3 Å². The predicted octanol–water partition coefficient (Wildman–Crippen LogP) is 5.55. The maximum absolute atomic E-state index is 13.0. The van der Waals surface area contributed by atoms with Crippen molar-refractivity contribution in [1.82, 2.24) is 0 Å². The van der Waals surface area contributed by atoms with E-state index in [-0.39, 0.29) is 17.9 Å². The molecule has 0 amide bonds. The molecule has 3 fully saturated rings. The highest BCUT2D eigenvalue weighted by Crippen LogP contribution is 2.67. The minimum Gasteiger partial charge on any atom is -0.444 e. The van der Waals surface area contributed by atoms with Crippen LogP contribution in [0.3, 0.4) is 0 Å². The number of benzene rings is 1. The van der Waals surface area contributed by atoms with Crippen molar-refractivity contribution in [2.24, 2.45) is 29.1 Å². The second kappa shape index (κ2) is 8.67. The Hall–Kier alpha value is -2.54. The first-order valence-electron chi connectivity index (χ1n) is 12.7. The van der Waals surface area contributed by atoms with Crippen molar-refractivity contribution in [2.75, 3.05) is 11.9 Å². The number of hydrogen-bond donors (Lipinski definition) is 1. The Labute approximate surface area is 197 Å². The zero-order valence-corrected chi connectivity index (χ0v) is 19.6. The molecule has 1 aromatic rings. The number of esters is 1. The molecule has 0 radical (unpaired) electrons. The lowest BCUT2D eigenvalue weighted by molar-refractivity contribution is -0.171. The number of ether oxygens (including phenoxy) is 1. The summed E-state index contributed by atoms with van der Waals surface area (Å²) in [4.78, 5) is 24.9. The molecular formula is C29H35NO3. The highest BCUT2D eigenvalue weighted by Gasteiger charge is 2.65. The van der Waals surface area contributed by atoms with Crippen molar-refractivity contribution in [3.05, 3.63) is 42.0 Å². The maximum Gasteiger partial charge on any atom is 0.326 e. The van der Waals surface area contributed by atoms with Gasteiger partial charge in [0, 0.05) is 17.5 Å². The number of rotatable bonds is 5. The Kier molecular flexibility index (Phi) is 5.85. The molecule has 4 aliphatic carbocycles. The molecule has 6 atom stereocenters. The first-order valence-corrected chi connectivity index (χ1v) is 12.7. The summed E-state index contributed by atoms with van der Waals surface area (Å²) in [6, 6.07) is 9.71. The van der Waals surface area contributed by atoms with Gasteiger partial charge in [-0.3, -0.25) is 9.59 Å². The summed E-state index contributed by atoms with van der Waals surface area (Å²) in [5.74, 6) is 5.38. The first-order chi connectivity index (χ1) is 16.0. The van der Waals surface area contributed by atoms with Crippen LogP contribution in [0, 0.1) is 41.4 Å². The molecule has 6 unspecified atom stereocenters. The molecule has 4 heteroatoms. The van der Waals surface area contributed by atoms with Gasteiger partial charge >= 0.3 is 5.97 Å². The van der Waals surface area contributed by atoms with Gasteiger partial charge in [0.1, 0.15) is 6.54 Å². The first kappa shape index (κ1) is 22.3. The number of para-hydroxylation sites is 1. The Morgan fingerprint density at radius 2 is 1.94 bits per heavy atom. The van der Waals surface area contributed by atoms with E-state index in [1.807, 2.05) is 36.4 Å². The molecule has 0 aliphatic heterocycles. The van der Waals surface area contributed by atoms with E-state index in [1.54, 1.807) is 0 Å². The standard InChI is InChI=1S/C29H35NO3/c1-3-28-16-14-24-23-13-11-22(31)18-20(23)10-12-25(24)26(28)15-17-29(28,4-2)33-27(32)19-30-21-8-6-5-7-9-21/h2,5-9,18,23-26,30H,3,10-17,19H2,1H3. The largest absolute Gasteiger partial charge is 0.444 e. The van der Waals surface area contributed by atoms with Crippen LogP contribution in [0.4, 0.5) is 5.69 Å². The Morgan fingerprint density at radius 1 is 1.12 bits per heavy atom. The van der Waals surface area contributed by atoms with E-state index < -0.39 is 5.60 Å². The molecule has 4 aliphatic rings. The highest BCUT2D eigenvalue weighted by molar-refractivity contribution is 5.91. The van der Waals surface area contributed by atoms with Gasteiger partial charge in [-0.05, 0) is 93.2 Å². The van der Waals surface area contributed by atoms with Crippen LogP contribution in [0.15, 0.2) is 42.0 Å². The number of hydrogen-bond acceptors (Lipinski definition) is 4. The van der Waals surface area contributed by atoms with Crippen LogP contribution in [0.25, 0.3) is 0 Å². The van der Waals surface area contributed by atoms with Crippen molar-refractivity contribution >= 4 is 17.4 Å². The lowest BCUT2D eigenvalue weighted by Crippen LogP contribution is -2.55. The fourth-order valence-electron chi connectivity index (χ4n) is 8.08. The smallest absolute Gasteiger partial charge is 0.326 e. The maximum atomic E-state index is 13.0. The van der Waals surface area contributed by atoms with E-state index >= 15 is 0 Å². The van der Waals surface area contributed by atoms with E-state index in [2.05, 4.69) is 18.2 Å². The monoisotopic (exact) mass is 445 g/mol. The lowest BCUT2D eigenvalue weighted by atomic mass is 9.49. The van der Waals surface area contributed by atoms with Crippen molar-refractivity contribution < 1.29 is 14.3 Å². The Balaban J connectivity index is 1.35. The quantitative estimate of drug-likeness (QED) is 0.477. The van der Waals surface area contributed by atoms with Crippen LogP contribution in [-0.4, -0.2) is 23.9 Å². The van der Waals surface area contributed by atoms with Gasteiger partial charge in [-0.25, -0.2) is 0 Å². The summed E-state index contributed by atoms with van der Waals surface area (Å²) in [5, 5.41) is 3.17. The topological polar surface area (TPSA) is 55.4 Å². The number of ketones is 1. The lowest BCUT2D eigenvalue weighted by Gasteiger charge is -2.56. The number of carbonyl (C=O) groups excluding carboxylic acids is 2. The van der Waals surface area contributed by atoms with Crippen LogP contribution in [0.1, 0.15) is 64.7 Å². The molecule has 0 aromatic heterocycles. The summed E-state index contributed by atoms with van der Waals surface area (Å²) in [7, 11) is 0. The van der Waals surface area contributed by atoms with E-state index in [1.165, 1.54) is 5.57 Å². The van der Waals surface area contributed by atoms with Gasteiger partial charge in [0.25, 0.3) is 0 Å². The van der Waals surface area contributed by atoms with Gasteiger partial charge in [-0.1, -0.05) is 36.6 Å². The zero-order chi connectivity index (χ0) is 23.1. The summed E-state index contributed by atoms with van der Waals surface area (Å²) in [5.41, 5.74) is 1.34. The summed E-state index contributed by atoms with van der Waals surface area (Å²) >= 11 is 0. The molecule has 1 aromatic carbocycles. The molecule has 0 spiro atoms. The van der Waals surface area contributed by atoms with Gasteiger partial charge in [-0.15, -0.1) is 6.42 Å². The molecule has 4 nitrogen and oxygen atoms in total. The second-order valence-electron chi connectivity index (χ2n) is 10.6. The van der Waals surface area contributed by atoms with Gasteiger partial charge < -0.3 is 10.1 Å². The van der Waals surface area contributed by atoms with Gasteiger partial charge in [-0.2, -0.15) is 0 Å². The molecule has 0 heterocycles. The van der Waals surface area contributed by atoms with Crippen LogP contribution in [0.5, 0.6) is 0 Å². The molecule has 174 valence electrons. The third-order valence-electron chi connectivity index (χ3n) is 9.48. The molecule has 5 rings (SSSR count). The second-order valence-corrected chi connectivity index (χ2v) is 10.6. The Bertz CT molecular complexity index is 992. The number of terminal acetylenes is 1. The average molecular weight is 446 g/mol. The van der Waals surface area contributed by atoms with E-state index in [0.29, 0.717) is 35.9 Å². The number of fused-ring (bicyclic) bond motifs is 5. The van der Waals surface area contributed by atoms with E-state index in [9.17, 15) is 9.59 Å². The van der Waals surface area contributed by atoms with E-state index in [0.717, 1.165) is 57.1 Å². The third kappa shape index (κ3) is 3.61. The van der Waals surface area contributed by atoms with Gasteiger partial charge in [0.2, 0.25) is 0 Å². The third-order valence-corrected chi connectivity index (χ3v) is 9.48. The molecular weight excluding hydrogens is 410 g/mol. The molecule has 0 saturated heterocycles. The summed E-state index contributed by atoms with van der Waals surface area (Å²) in [6.45, 7) is 2.35. The fraction of sp³-hybridized carbons (Fsp3) is 0.586. The van der Waals surface area contributed by atoms with Gasteiger partial charge in [0.05, 0.1) is 0 Å². The average Bonchev–Trinajstić information content (AvgIpc) is 3.17. The van der Waals surface area contributed by atoms with Crippen molar-refractivity contribution in [3.63, 3.8) is 0 Å². The molecule has 1 N–H and O–H groups in total. The Morgan fingerprint density at radius 3 is 2.70 bits per heavy atom. The van der Waals surface area contributed by atoms with Gasteiger partial charge in [0.15, 0.2) is 11.4 Å². The minimum absolute atomic E-state index is 0.119. The number of allylic oxidation sites excluding steroid dienone is 1. The normalized spacial score (nSPS) is 37.1. The number of carbonyl (C=O) groups is 2. The minimum atomic E-state index is -0.814. The SMILES string of the molecule is C#CC1(OC(=O)CNc2ccccc2)CCC2C3CCC4=CC(=O)CCC4C3CCC21CC.